The fourth-order valence-electron chi connectivity index (χ4n) is 2.66. The standard InChI is InChI=1S/C18H18Cl2O5S/c1-12-3-6-15(7-4-12)26(21,22)24-11-14-10-23-18(2,25-14)16-8-5-13(19)9-17(16)20/h3-9,14H,10-11H2,1-2H3. The van der Waals surface area contributed by atoms with Gasteiger partial charge in [0.1, 0.15) is 6.10 Å². The molecule has 0 spiro atoms. The Labute approximate surface area is 162 Å². The van der Waals surface area contributed by atoms with E-state index in [2.05, 4.69) is 0 Å². The van der Waals surface area contributed by atoms with Crippen LogP contribution in [-0.2, 0) is 29.6 Å². The molecule has 1 saturated heterocycles. The van der Waals surface area contributed by atoms with Gasteiger partial charge in [-0.25, -0.2) is 0 Å². The van der Waals surface area contributed by atoms with Gasteiger partial charge in [-0.1, -0.05) is 47.0 Å². The zero-order chi connectivity index (χ0) is 18.9. The maximum absolute atomic E-state index is 12.3. The van der Waals surface area contributed by atoms with Crippen molar-refractivity contribution in [3.05, 3.63) is 63.6 Å². The second kappa shape index (κ2) is 7.46. The van der Waals surface area contributed by atoms with E-state index < -0.39 is 22.0 Å². The van der Waals surface area contributed by atoms with Crippen LogP contribution in [0, 0.1) is 6.92 Å². The average Bonchev–Trinajstić information content (AvgIpc) is 2.96. The summed E-state index contributed by atoms with van der Waals surface area (Å²) in [6.45, 7) is 3.62. The highest BCUT2D eigenvalue weighted by Crippen LogP contribution is 2.38. The lowest BCUT2D eigenvalue weighted by Gasteiger charge is -2.25. The normalized spacial score (nSPS) is 23.3. The molecule has 140 valence electrons. The molecule has 0 radical (unpaired) electrons. The van der Waals surface area contributed by atoms with Crippen molar-refractivity contribution in [3.63, 3.8) is 0 Å². The summed E-state index contributed by atoms with van der Waals surface area (Å²) in [5, 5.41) is 0.915. The van der Waals surface area contributed by atoms with Gasteiger partial charge in [0.25, 0.3) is 10.1 Å². The Morgan fingerprint density at radius 3 is 2.54 bits per heavy atom. The van der Waals surface area contributed by atoms with Gasteiger partial charge in [-0.3, -0.25) is 4.18 Å². The van der Waals surface area contributed by atoms with Crippen LogP contribution in [0.25, 0.3) is 0 Å². The minimum atomic E-state index is -3.86. The highest BCUT2D eigenvalue weighted by molar-refractivity contribution is 7.86. The second-order valence-corrected chi connectivity index (χ2v) is 8.63. The molecular weight excluding hydrogens is 399 g/mol. The molecule has 8 heteroatoms. The van der Waals surface area contributed by atoms with E-state index in [1.165, 1.54) is 12.1 Å². The van der Waals surface area contributed by atoms with Crippen molar-refractivity contribution >= 4 is 33.3 Å². The van der Waals surface area contributed by atoms with E-state index in [-0.39, 0.29) is 18.1 Å². The molecule has 2 aromatic rings. The van der Waals surface area contributed by atoms with Gasteiger partial charge >= 0.3 is 0 Å². The molecular formula is C18H18Cl2O5S. The summed E-state index contributed by atoms with van der Waals surface area (Å²) in [5.74, 6) is -1.09. The van der Waals surface area contributed by atoms with E-state index in [0.29, 0.717) is 15.6 Å². The fourth-order valence-corrected chi connectivity index (χ4v) is 4.17. The maximum Gasteiger partial charge on any atom is 0.297 e. The molecule has 3 rings (SSSR count). The van der Waals surface area contributed by atoms with Crippen LogP contribution in [0.4, 0.5) is 0 Å². The van der Waals surface area contributed by atoms with E-state index in [1.54, 1.807) is 37.3 Å². The van der Waals surface area contributed by atoms with Crippen LogP contribution < -0.4 is 0 Å². The smallest absolute Gasteiger partial charge is 0.297 e. The molecule has 1 heterocycles. The van der Waals surface area contributed by atoms with E-state index in [1.807, 2.05) is 6.92 Å². The van der Waals surface area contributed by atoms with Gasteiger partial charge in [-0.15, -0.1) is 0 Å². The van der Waals surface area contributed by atoms with Crippen molar-refractivity contribution in [2.45, 2.75) is 30.6 Å². The molecule has 0 saturated carbocycles. The number of hydrogen-bond donors (Lipinski definition) is 0. The Kier molecular flexibility index (Phi) is 5.63. The number of hydrogen-bond acceptors (Lipinski definition) is 5. The molecule has 2 aromatic carbocycles. The maximum atomic E-state index is 12.3. The van der Waals surface area contributed by atoms with Crippen molar-refractivity contribution in [2.75, 3.05) is 13.2 Å². The number of rotatable bonds is 5. The molecule has 5 nitrogen and oxygen atoms in total. The zero-order valence-electron chi connectivity index (χ0n) is 14.2. The van der Waals surface area contributed by atoms with Crippen LogP contribution in [0.5, 0.6) is 0 Å². The quantitative estimate of drug-likeness (QED) is 0.679. The van der Waals surface area contributed by atoms with E-state index >= 15 is 0 Å². The van der Waals surface area contributed by atoms with Crippen molar-refractivity contribution in [2.24, 2.45) is 0 Å². The third-order valence-electron chi connectivity index (χ3n) is 4.08. The molecule has 2 unspecified atom stereocenters. The van der Waals surface area contributed by atoms with Crippen molar-refractivity contribution in [1.82, 2.24) is 0 Å². The minimum Gasteiger partial charge on any atom is -0.343 e. The lowest BCUT2D eigenvalue weighted by atomic mass is 10.1. The summed E-state index contributed by atoms with van der Waals surface area (Å²) >= 11 is 12.1. The number of aryl methyl sites for hydroxylation is 1. The first-order chi connectivity index (χ1) is 12.2. The highest BCUT2D eigenvalue weighted by Gasteiger charge is 2.41. The molecule has 0 aliphatic carbocycles. The van der Waals surface area contributed by atoms with Crippen molar-refractivity contribution < 1.29 is 22.1 Å². The van der Waals surface area contributed by atoms with E-state index in [4.69, 9.17) is 36.9 Å². The third kappa shape index (κ3) is 4.22. The van der Waals surface area contributed by atoms with Gasteiger partial charge in [-0.05, 0) is 38.1 Å². The topological polar surface area (TPSA) is 61.8 Å². The van der Waals surface area contributed by atoms with Crippen LogP contribution in [0.1, 0.15) is 18.1 Å². The van der Waals surface area contributed by atoms with Gasteiger partial charge in [0.2, 0.25) is 0 Å². The summed E-state index contributed by atoms with van der Waals surface area (Å²) in [5.41, 5.74) is 1.58. The van der Waals surface area contributed by atoms with Crippen LogP contribution in [0.2, 0.25) is 10.0 Å². The average molecular weight is 417 g/mol. The predicted molar refractivity (Wildman–Crippen MR) is 99.0 cm³/mol. The van der Waals surface area contributed by atoms with Crippen molar-refractivity contribution in [1.29, 1.82) is 0 Å². The highest BCUT2D eigenvalue weighted by atomic mass is 35.5. The second-order valence-electron chi connectivity index (χ2n) is 6.17. The summed E-state index contributed by atoms with van der Waals surface area (Å²) < 4.78 is 41.3. The van der Waals surface area contributed by atoms with Crippen LogP contribution in [0.3, 0.4) is 0 Å². The molecule has 1 aliphatic heterocycles. The molecule has 1 fully saturated rings. The Hall–Kier alpha value is -1.15. The Morgan fingerprint density at radius 1 is 1.19 bits per heavy atom. The first kappa shape index (κ1) is 19.6. The van der Waals surface area contributed by atoms with Crippen LogP contribution in [0.15, 0.2) is 47.4 Å². The fraction of sp³-hybridized carbons (Fsp3) is 0.333. The van der Waals surface area contributed by atoms with Crippen LogP contribution >= 0.6 is 23.2 Å². The summed E-state index contributed by atoms with van der Waals surface area (Å²) in [7, 11) is -3.86. The number of halogens is 2. The van der Waals surface area contributed by atoms with Gasteiger partial charge in [0.15, 0.2) is 5.79 Å². The van der Waals surface area contributed by atoms with Gasteiger partial charge in [0.05, 0.1) is 23.1 Å². The third-order valence-corrected chi connectivity index (χ3v) is 5.92. The Morgan fingerprint density at radius 2 is 1.88 bits per heavy atom. The molecule has 26 heavy (non-hydrogen) atoms. The van der Waals surface area contributed by atoms with Crippen LogP contribution in [-0.4, -0.2) is 27.7 Å². The largest absolute Gasteiger partial charge is 0.343 e. The number of ether oxygens (including phenoxy) is 2. The lowest BCUT2D eigenvalue weighted by Crippen LogP contribution is -2.26. The van der Waals surface area contributed by atoms with Gasteiger partial charge < -0.3 is 9.47 Å². The first-order valence-electron chi connectivity index (χ1n) is 7.93. The lowest BCUT2D eigenvalue weighted by molar-refractivity contribution is -0.164. The van der Waals surface area contributed by atoms with E-state index in [9.17, 15) is 8.42 Å². The minimum absolute atomic E-state index is 0.102. The molecule has 0 N–H and O–H groups in total. The molecule has 0 bridgehead atoms. The van der Waals surface area contributed by atoms with Gasteiger partial charge in [-0.2, -0.15) is 8.42 Å². The van der Waals surface area contributed by atoms with E-state index in [0.717, 1.165) is 5.56 Å². The monoisotopic (exact) mass is 416 g/mol. The Balaban J connectivity index is 1.66. The SMILES string of the molecule is Cc1ccc(S(=O)(=O)OCC2COC(C)(c3ccc(Cl)cc3Cl)O2)cc1. The predicted octanol–water partition coefficient (Wildman–Crippen LogP) is 4.30. The first-order valence-corrected chi connectivity index (χ1v) is 10.1. The molecule has 2 atom stereocenters. The zero-order valence-corrected chi connectivity index (χ0v) is 16.6. The van der Waals surface area contributed by atoms with Crippen molar-refractivity contribution in [3.8, 4) is 0 Å². The number of benzene rings is 2. The molecule has 0 aromatic heterocycles. The molecule has 1 aliphatic rings. The summed E-state index contributed by atoms with van der Waals surface area (Å²) in [6.07, 6.45) is -0.549. The summed E-state index contributed by atoms with van der Waals surface area (Å²) in [4.78, 5) is 0.102. The Bertz CT molecular complexity index is 898. The summed E-state index contributed by atoms with van der Waals surface area (Å²) in [6, 6.07) is 11.4. The molecule has 0 amide bonds. The van der Waals surface area contributed by atoms with Gasteiger partial charge in [0, 0.05) is 10.6 Å².